The highest BCUT2D eigenvalue weighted by molar-refractivity contribution is 5.85. The Bertz CT molecular complexity index is 885. The molecule has 0 fully saturated rings. The second-order valence-electron chi connectivity index (χ2n) is 4.91. The Morgan fingerprint density at radius 1 is 0.920 bits per heavy atom. The van der Waals surface area contributed by atoms with E-state index in [1.165, 1.54) is 18.2 Å². The Balaban J connectivity index is 2.26. The first-order valence-corrected chi connectivity index (χ1v) is 7.15. The largest absolute Gasteiger partial charge is 0.594 e. The van der Waals surface area contributed by atoms with Crippen LogP contribution < -0.4 is 0 Å². The van der Waals surface area contributed by atoms with Crippen LogP contribution in [-0.4, -0.2) is 27.0 Å². The molecule has 0 spiro atoms. The molecule has 0 unspecified atom stereocenters. The minimum atomic E-state index is -1.08. The van der Waals surface area contributed by atoms with E-state index in [0.29, 0.717) is 21.7 Å². The lowest BCUT2D eigenvalue weighted by Gasteiger charge is -2.01. The highest BCUT2D eigenvalue weighted by atomic mass is 16.5. The van der Waals surface area contributed by atoms with Crippen molar-refractivity contribution in [3.63, 3.8) is 0 Å². The molecule has 0 aliphatic carbocycles. The third-order valence-corrected chi connectivity index (χ3v) is 3.00. The first-order valence-electron chi connectivity index (χ1n) is 7.15. The minimum absolute atomic E-state index is 0.235. The number of aliphatic carboxylic acids is 2. The van der Waals surface area contributed by atoms with Crippen LogP contribution in [0.2, 0.25) is 0 Å². The number of rotatable bonds is 6. The predicted molar refractivity (Wildman–Crippen MR) is 91.6 cm³/mol. The molecule has 0 heterocycles. The molecular formula is C18H14N2O5. The lowest BCUT2D eigenvalue weighted by atomic mass is 10.2. The summed E-state index contributed by atoms with van der Waals surface area (Å²) in [7, 11) is 0. The van der Waals surface area contributed by atoms with Gasteiger partial charge < -0.3 is 15.4 Å². The second kappa shape index (κ2) is 8.21. The summed E-state index contributed by atoms with van der Waals surface area (Å²) in [6.07, 6.45) is 4.74. The van der Waals surface area contributed by atoms with Gasteiger partial charge in [0.15, 0.2) is 0 Å². The van der Waals surface area contributed by atoms with Gasteiger partial charge >= 0.3 is 11.9 Å². The van der Waals surface area contributed by atoms with Gasteiger partial charge in [-0.1, -0.05) is 29.1 Å². The van der Waals surface area contributed by atoms with Gasteiger partial charge in [-0.15, -0.1) is 0 Å². The van der Waals surface area contributed by atoms with E-state index < -0.39 is 11.9 Å². The van der Waals surface area contributed by atoms with Crippen molar-refractivity contribution in [3.05, 3.63) is 77.0 Å². The second-order valence-corrected chi connectivity index (χ2v) is 4.91. The molecule has 126 valence electrons. The number of carboxylic acids is 2. The van der Waals surface area contributed by atoms with E-state index in [2.05, 4.69) is 5.11 Å². The fourth-order valence-electron chi connectivity index (χ4n) is 1.94. The lowest BCUT2D eigenvalue weighted by Crippen LogP contribution is -1.91. The first-order chi connectivity index (χ1) is 11.9. The highest BCUT2D eigenvalue weighted by Crippen LogP contribution is 2.20. The van der Waals surface area contributed by atoms with Crippen molar-refractivity contribution >= 4 is 35.5 Å². The van der Waals surface area contributed by atoms with E-state index in [1.807, 2.05) is 0 Å². The maximum Gasteiger partial charge on any atom is 0.328 e. The quantitative estimate of drug-likeness (QED) is 0.360. The minimum Gasteiger partial charge on any atom is -0.594 e. The van der Waals surface area contributed by atoms with Crippen LogP contribution in [0, 0.1) is 5.21 Å². The Morgan fingerprint density at radius 3 is 2.08 bits per heavy atom. The van der Waals surface area contributed by atoms with E-state index >= 15 is 0 Å². The molecule has 7 nitrogen and oxygen atoms in total. The van der Waals surface area contributed by atoms with Crippen molar-refractivity contribution in [1.82, 2.24) is 0 Å². The number of carbonyl (C=O) groups is 2. The molecule has 2 N–H and O–H groups in total. The van der Waals surface area contributed by atoms with Crippen molar-refractivity contribution < 1.29 is 24.7 Å². The Kier molecular flexibility index (Phi) is 5.78. The molecule has 7 heteroatoms. The summed E-state index contributed by atoms with van der Waals surface area (Å²) in [5, 5.41) is 33.4. The normalized spacial score (nSPS) is 11.9. The first kappa shape index (κ1) is 17.6. The Hall–Kier alpha value is -3.74. The van der Waals surface area contributed by atoms with Crippen molar-refractivity contribution in [2.24, 2.45) is 5.11 Å². The zero-order valence-corrected chi connectivity index (χ0v) is 12.9. The molecule has 0 aliphatic heterocycles. The SMILES string of the molecule is O=C(O)C=Cc1cccc(N=[N+]([O-])c2cccc(C=CC(=O)O)c2)c1. The summed E-state index contributed by atoms with van der Waals surface area (Å²) in [4.78, 5) is 21.5. The van der Waals surface area contributed by atoms with E-state index in [0.717, 1.165) is 12.2 Å². The number of carboxylic acid groups (broad SMARTS) is 2. The van der Waals surface area contributed by atoms with Gasteiger partial charge in [0, 0.05) is 29.4 Å². The van der Waals surface area contributed by atoms with Crippen LogP contribution in [-0.2, 0) is 9.59 Å². The molecule has 0 amide bonds. The zero-order valence-electron chi connectivity index (χ0n) is 12.9. The summed E-state index contributed by atoms with van der Waals surface area (Å²) in [5.41, 5.74) is 1.73. The predicted octanol–water partition coefficient (Wildman–Crippen LogP) is 3.81. The van der Waals surface area contributed by atoms with Crippen molar-refractivity contribution in [1.29, 1.82) is 0 Å². The molecule has 2 rings (SSSR count). The van der Waals surface area contributed by atoms with Gasteiger partial charge in [-0.3, -0.25) is 0 Å². The van der Waals surface area contributed by atoms with Gasteiger partial charge in [0.05, 0.1) is 0 Å². The number of hydrogen-bond acceptors (Lipinski definition) is 4. The van der Waals surface area contributed by atoms with Crippen LogP contribution in [0.4, 0.5) is 11.4 Å². The van der Waals surface area contributed by atoms with Crippen LogP contribution in [0.5, 0.6) is 0 Å². The standard InChI is InChI=1S/C18H14N2O5/c21-17(22)9-7-13-3-1-5-15(11-13)19-20(25)16-6-2-4-14(12-16)8-10-18(23)24/h1-12H,(H,21,22)(H,23,24). The summed E-state index contributed by atoms with van der Waals surface area (Å²) in [5.74, 6) is -2.15. The fourth-order valence-corrected chi connectivity index (χ4v) is 1.94. The zero-order chi connectivity index (χ0) is 18.2. The third kappa shape index (κ3) is 5.76. The number of azo groups is 1. The summed E-state index contributed by atoms with van der Waals surface area (Å²) in [6.45, 7) is 0. The average molecular weight is 338 g/mol. The van der Waals surface area contributed by atoms with Crippen LogP contribution in [0.15, 0.2) is 65.8 Å². The molecular weight excluding hydrogens is 324 g/mol. The van der Waals surface area contributed by atoms with Crippen molar-refractivity contribution in [2.45, 2.75) is 0 Å². The maximum atomic E-state index is 12.2. The van der Waals surface area contributed by atoms with E-state index in [-0.39, 0.29) is 5.69 Å². The molecule has 0 aromatic heterocycles. The van der Waals surface area contributed by atoms with Crippen LogP contribution in [0.3, 0.4) is 0 Å². The Labute approximate surface area is 143 Å². The topological polar surface area (TPSA) is 113 Å². The fraction of sp³-hybridized carbons (Fsp3) is 0. The molecule has 2 aromatic rings. The van der Waals surface area contributed by atoms with Crippen LogP contribution in [0.25, 0.3) is 12.2 Å². The molecule has 0 atom stereocenters. The smallest absolute Gasteiger partial charge is 0.328 e. The summed E-state index contributed by atoms with van der Waals surface area (Å²) < 4.78 is 0. The highest BCUT2D eigenvalue weighted by Gasteiger charge is 2.05. The van der Waals surface area contributed by atoms with Crippen molar-refractivity contribution in [2.75, 3.05) is 0 Å². The Morgan fingerprint density at radius 2 is 1.48 bits per heavy atom. The number of nitrogens with zero attached hydrogens (tertiary/aromatic N) is 2. The number of benzene rings is 2. The van der Waals surface area contributed by atoms with E-state index in [4.69, 9.17) is 10.2 Å². The van der Waals surface area contributed by atoms with Crippen LogP contribution >= 0.6 is 0 Å². The van der Waals surface area contributed by atoms with Gasteiger partial charge in [-0.05, 0) is 35.4 Å². The molecule has 0 radical (unpaired) electrons. The monoisotopic (exact) mass is 338 g/mol. The number of hydrogen-bond donors (Lipinski definition) is 2. The lowest BCUT2D eigenvalue weighted by molar-refractivity contribution is -0.435. The van der Waals surface area contributed by atoms with Gasteiger partial charge in [0.2, 0.25) is 5.69 Å². The molecule has 0 bridgehead atoms. The van der Waals surface area contributed by atoms with Gasteiger partial charge in [-0.2, -0.15) is 0 Å². The molecule has 0 saturated heterocycles. The van der Waals surface area contributed by atoms with Crippen LogP contribution in [0.1, 0.15) is 11.1 Å². The van der Waals surface area contributed by atoms with Gasteiger partial charge in [-0.25, -0.2) is 9.59 Å². The molecule has 2 aromatic carbocycles. The van der Waals surface area contributed by atoms with E-state index in [9.17, 15) is 14.8 Å². The summed E-state index contributed by atoms with van der Waals surface area (Å²) >= 11 is 0. The van der Waals surface area contributed by atoms with Gasteiger partial charge in [0.25, 0.3) is 0 Å². The van der Waals surface area contributed by atoms with E-state index in [1.54, 1.807) is 42.5 Å². The molecule has 25 heavy (non-hydrogen) atoms. The molecule has 0 saturated carbocycles. The molecule has 0 aliphatic rings. The van der Waals surface area contributed by atoms with Gasteiger partial charge in [0.1, 0.15) is 5.69 Å². The average Bonchev–Trinajstić information content (AvgIpc) is 2.59. The third-order valence-electron chi connectivity index (χ3n) is 3.00. The maximum absolute atomic E-state index is 12.2. The summed E-state index contributed by atoms with van der Waals surface area (Å²) in [6, 6.07) is 12.8. The van der Waals surface area contributed by atoms with Crippen molar-refractivity contribution in [3.8, 4) is 0 Å².